The number of esters is 1. The molecule has 0 saturated heterocycles. The van der Waals surface area contributed by atoms with Crippen molar-refractivity contribution in [3.63, 3.8) is 0 Å². The molecule has 1 aliphatic rings. The molecule has 0 N–H and O–H groups in total. The van der Waals surface area contributed by atoms with Gasteiger partial charge in [-0.15, -0.1) is 0 Å². The molecule has 1 aliphatic heterocycles. The normalized spacial score (nSPS) is 14.6. The fourth-order valence-electron chi connectivity index (χ4n) is 6.15. The van der Waals surface area contributed by atoms with Crippen molar-refractivity contribution in [1.29, 1.82) is 0 Å². The van der Waals surface area contributed by atoms with Crippen LogP contribution in [-0.4, -0.2) is 22.2 Å². The average Bonchev–Trinajstić information content (AvgIpc) is 3.65. The summed E-state index contributed by atoms with van der Waals surface area (Å²) in [6, 6.07) is 41.9. The topological polar surface area (TPSA) is 65.6 Å². The van der Waals surface area contributed by atoms with Gasteiger partial charge < -0.3 is 9.30 Å². The van der Waals surface area contributed by atoms with Crippen LogP contribution in [0.2, 0.25) is 0 Å². The van der Waals surface area contributed by atoms with Gasteiger partial charge in [-0.3, -0.25) is 9.36 Å². The summed E-state index contributed by atoms with van der Waals surface area (Å²) in [4.78, 5) is 33.0. The molecule has 0 amide bonds. The summed E-state index contributed by atoms with van der Waals surface area (Å²) >= 11 is 1.34. The van der Waals surface area contributed by atoms with Gasteiger partial charge >= 0.3 is 5.97 Å². The Morgan fingerprint density at radius 2 is 1.43 bits per heavy atom. The number of nitrogens with zero attached hydrogens (tertiary/aromatic N) is 3. The monoisotopic (exact) mass is 621 g/mol. The zero-order valence-corrected chi connectivity index (χ0v) is 26.3. The summed E-state index contributed by atoms with van der Waals surface area (Å²) in [5.74, 6) is -0.484. The molecule has 46 heavy (non-hydrogen) atoms. The molecular weight excluding hydrogens is 591 g/mol. The van der Waals surface area contributed by atoms with Crippen molar-refractivity contribution in [2.75, 3.05) is 7.11 Å². The average molecular weight is 622 g/mol. The predicted molar refractivity (Wildman–Crippen MR) is 183 cm³/mol. The molecule has 0 bridgehead atoms. The number of para-hydroxylation sites is 1. The lowest BCUT2D eigenvalue weighted by atomic mass is 9.95. The first kappa shape index (κ1) is 29.2. The van der Waals surface area contributed by atoms with E-state index in [9.17, 15) is 9.59 Å². The van der Waals surface area contributed by atoms with Crippen molar-refractivity contribution in [2.24, 2.45) is 4.99 Å². The first-order valence-electron chi connectivity index (χ1n) is 15.2. The van der Waals surface area contributed by atoms with Gasteiger partial charge in [-0.05, 0) is 47.4 Å². The number of thiazole rings is 1. The van der Waals surface area contributed by atoms with Crippen molar-refractivity contribution in [3.05, 3.63) is 169 Å². The van der Waals surface area contributed by atoms with Crippen molar-refractivity contribution in [2.45, 2.75) is 19.4 Å². The number of allylic oxidation sites excluding steroid dienone is 1. The second-order valence-corrected chi connectivity index (χ2v) is 11.9. The summed E-state index contributed by atoms with van der Waals surface area (Å²) in [7, 11) is 1.36. The molecule has 0 spiro atoms. The van der Waals surface area contributed by atoms with Gasteiger partial charge in [-0.2, -0.15) is 0 Å². The Labute approximate surface area is 270 Å². The molecule has 2 aromatic heterocycles. The van der Waals surface area contributed by atoms with Crippen LogP contribution in [0.4, 0.5) is 0 Å². The number of methoxy groups -OCH3 is 1. The van der Waals surface area contributed by atoms with Crippen LogP contribution in [0.1, 0.15) is 30.5 Å². The van der Waals surface area contributed by atoms with Crippen LogP contribution in [-0.2, 0) is 9.53 Å². The summed E-state index contributed by atoms with van der Waals surface area (Å²) in [5.41, 5.74) is 7.61. The fourth-order valence-corrected chi connectivity index (χ4v) is 7.17. The number of fused-ring (bicyclic) bond motifs is 1. The third-order valence-corrected chi connectivity index (χ3v) is 9.20. The smallest absolute Gasteiger partial charge is 0.338 e. The first-order chi connectivity index (χ1) is 22.6. The summed E-state index contributed by atoms with van der Waals surface area (Å²) < 4.78 is 9.65. The highest BCUT2D eigenvalue weighted by molar-refractivity contribution is 7.07. The Hall–Kier alpha value is -5.53. The van der Waals surface area contributed by atoms with E-state index in [0.29, 0.717) is 27.0 Å². The van der Waals surface area contributed by atoms with E-state index in [1.165, 1.54) is 18.4 Å². The zero-order valence-electron chi connectivity index (χ0n) is 25.5. The maximum atomic E-state index is 14.4. The van der Waals surface area contributed by atoms with E-state index >= 15 is 0 Å². The molecule has 0 fully saturated rings. The molecular formula is C39H31N3O3S. The fraction of sp³-hybridized carbons (Fsp3) is 0.103. The van der Waals surface area contributed by atoms with E-state index in [1.807, 2.05) is 97.9 Å². The van der Waals surface area contributed by atoms with Gasteiger partial charge in [-0.1, -0.05) is 127 Å². The van der Waals surface area contributed by atoms with Crippen molar-refractivity contribution >= 4 is 23.4 Å². The summed E-state index contributed by atoms with van der Waals surface area (Å²) in [5, 5.41) is 0. The minimum atomic E-state index is -0.649. The minimum absolute atomic E-state index is 0.207. The quantitative estimate of drug-likeness (QED) is 0.182. The maximum absolute atomic E-state index is 14.4. The third kappa shape index (κ3) is 5.14. The van der Waals surface area contributed by atoms with Crippen LogP contribution >= 0.6 is 11.3 Å². The number of hydrogen-bond acceptors (Lipinski definition) is 5. The predicted octanol–water partition coefficient (Wildman–Crippen LogP) is 6.92. The van der Waals surface area contributed by atoms with Crippen LogP contribution < -0.4 is 14.9 Å². The minimum Gasteiger partial charge on any atom is -0.466 e. The van der Waals surface area contributed by atoms with E-state index < -0.39 is 12.0 Å². The standard InChI is InChI=1S/C39H31N3O3S/c1-3-31-34(38(44)45-2)36(28-20-12-6-13-21-28)42-37(43)33(46-39(42)40-31)25-29-24-32(26-16-8-4-9-17-26)41(30-22-14-7-15-23-30)35(29)27-18-10-5-11-19-27/h4-25,36H,3H2,1-2H3/b33-25+/t36-/m0/s1. The van der Waals surface area contributed by atoms with Crippen molar-refractivity contribution < 1.29 is 9.53 Å². The second-order valence-electron chi connectivity index (χ2n) is 10.9. The van der Waals surface area contributed by atoms with Gasteiger partial charge in [0.05, 0.1) is 40.3 Å². The maximum Gasteiger partial charge on any atom is 0.338 e. The summed E-state index contributed by atoms with van der Waals surface area (Å²) in [6.45, 7) is 1.96. The molecule has 4 aromatic carbocycles. The van der Waals surface area contributed by atoms with E-state index in [-0.39, 0.29) is 5.56 Å². The Balaban J connectivity index is 1.53. The highest BCUT2D eigenvalue weighted by Gasteiger charge is 2.33. The highest BCUT2D eigenvalue weighted by Crippen LogP contribution is 2.37. The molecule has 3 heterocycles. The van der Waals surface area contributed by atoms with E-state index in [0.717, 1.165) is 39.3 Å². The van der Waals surface area contributed by atoms with Gasteiger partial charge in [0.25, 0.3) is 5.56 Å². The number of hydrogen-bond donors (Lipinski definition) is 0. The van der Waals surface area contributed by atoms with Crippen LogP contribution in [0.15, 0.2) is 148 Å². The molecule has 1 atom stereocenters. The Bertz CT molecular complexity index is 2250. The van der Waals surface area contributed by atoms with Gasteiger partial charge in [0.1, 0.15) is 0 Å². The zero-order chi connectivity index (χ0) is 31.6. The van der Waals surface area contributed by atoms with E-state index in [2.05, 4.69) is 47.0 Å². The SMILES string of the molecule is CCC1=C(C(=O)OC)[C@H](c2ccccc2)n2c(s/c(=C/c3cc(-c4ccccc4)n(-c4ccccc4)c3-c3ccccc3)c2=O)=N1. The van der Waals surface area contributed by atoms with Crippen molar-refractivity contribution in [3.8, 4) is 28.2 Å². The second kappa shape index (κ2) is 12.5. The molecule has 7 rings (SSSR count). The molecule has 6 aromatic rings. The number of aromatic nitrogens is 2. The molecule has 6 nitrogen and oxygen atoms in total. The lowest BCUT2D eigenvalue weighted by Gasteiger charge is -2.25. The number of ether oxygens (including phenoxy) is 1. The molecule has 0 radical (unpaired) electrons. The molecule has 0 unspecified atom stereocenters. The van der Waals surface area contributed by atoms with Gasteiger partial charge in [0, 0.05) is 11.3 Å². The van der Waals surface area contributed by atoms with Gasteiger partial charge in [-0.25, -0.2) is 9.79 Å². The molecule has 7 heteroatoms. The third-order valence-electron chi connectivity index (χ3n) is 8.21. The highest BCUT2D eigenvalue weighted by atomic mass is 32.1. The largest absolute Gasteiger partial charge is 0.466 e. The van der Waals surface area contributed by atoms with E-state index in [4.69, 9.17) is 9.73 Å². The Kier molecular flexibility index (Phi) is 7.91. The van der Waals surface area contributed by atoms with Crippen LogP contribution in [0.25, 0.3) is 34.3 Å². The van der Waals surface area contributed by atoms with Gasteiger partial charge in [0.15, 0.2) is 4.80 Å². The Morgan fingerprint density at radius 3 is 2.04 bits per heavy atom. The first-order valence-corrected chi connectivity index (χ1v) is 16.0. The van der Waals surface area contributed by atoms with E-state index in [1.54, 1.807) is 4.57 Å². The van der Waals surface area contributed by atoms with Crippen LogP contribution in [0, 0.1) is 0 Å². The number of benzene rings is 4. The van der Waals surface area contributed by atoms with Crippen LogP contribution in [0.3, 0.4) is 0 Å². The van der Waals surface area contributed by atoms with Crippen LogP contribution in [0.5, 0.6) is 0 Å². The molecule has 226 valence electrons. The molecule has 0 saturated carbocycles. The number of carbonyl (C=O) groups is 1. The van der Waals surface area contributed by atoms with Crippen molar-refractivity contribution in [1.82, 2.24) is 9.13 Å². The number of rotatable bonds is 7. The number of carbonyl (C=O) groups excluding carboxylic acids is 1. The summed E-state index contributed by atoms with van der Waals surface area (Å²) in [6.07, 6.45) is 2.49. The molecule has 0 aliphatic carbocycles. The lowest BCUT2D eigenvalue weighted by Crippen LogP contribution is -2.40. The van der Waals surface area contributed by atoms with Gasteiger partial charge in [0.2, 0.25) is 0 Å². The Morgan fingerprint density at radius 1 is 0.848 bits per heavy atom. The lowest BCUT2D eigenvalue weighted by molar-refractivity contribution is -0.136.